The lowest BCUT2D eigenvalue weighted by Gasteiger charge is -2.17. The SMILES string of the molecule is CO[C@H]1CNCC1NC(=O)c1cn[nH]n1. The first-order valence-electron chi connectivity index (χ1n) is 4.71. The number of hydrogen-bond acceptors (Lipinski definition) is 5. The van der Waals surface area contributed by atoms with Crippen molar-refractivity contribution in [2.75, 3.05) is 20.2 Å². The van der Waals surface area contributed by atoms with E-state index in [2.05, 4.69) is 26.0 Å². The largest absolute Gasteiger partial charge is 0.378 e. The maximum atomic E-state index is 11.6. The molecule has 1 fully saturated rings. The van der Waals surface area contributed by atoms with Crippen LogP contribution in [0.5, 0.6) is 0 Å². The quantitative estimate of drug-likeness (QED) is 0.567. The smallest absolute Gasteiger partial charge is 0.273 e. The van der Waals surface area contributed by atoms with Crippen molar-refractivity contribution in [3.8, 4) is 0 Å². The van der Waals surface area contributed by atoms with Gasteiger partial charge in [-0.2, -0.15) is 15.4 Å². The van der Waals surface area contributed by atoms with Gasteiger partial charge in [0, 0.05) is 20.2 Å². The molecule has 7 nitrogen and oxygen atoms in total. The molecule has 3 N–H and O–H groups in total. The van der Waals surface area contributed by atoms with Crippen LogP contribution in [0.4, 0.5) is 0 Å². The third-order valence-electron chi connectivity index (χ3n) is 2.43. The zero-order valence-electron chi connectivity index (χ0n) is 8.36. The summed E-state index contributed by atoms with van der Waals surface area (Å²) in [6.07, 6.45) is 1.40. The van der Waals surface area contributed by atoms with Crippen LogP contribution >= 0.6 is 0 Å². The molecular weight excluding hydrogens is 198 g/mol. The standard InChI is InChI=1S/C8H13N5O2/c1-15-7-4-9-2-5(7)11-8(14)6-3-10-13-12-6/h3,5,7,9H,2,4H2,1H3,(H,11,14)(H,10,12,13)/t5?,7-/m0/s1. The van der Waals surface area contributed by atoms with E-state index < -0.39 is 0 Å². The summed E-state index contributed by atoms with van der Waals surface area (Å²) in [4.78, 5) is 11.6. The molecule has 0 aliphatic carbocycles. The molecule has 0 bridgehead atoms. The highest BCUT2D eigenvalue weighted by Gasteiger charge is 2.28. The van der Waals surface area contributed by atoms with Crippen LogP contribution in [0.25, 0.3) is 0 Å². The molecule has 1 amide bonds. The van der Waals surface area contributed by atoms with Gasteiger partial charge in [0.25, 0.3) is 5.91 Å². The molecule has 0 aromatic carbocycles. The third-order valence-corrected chi connectivity index (χ3v) is 2.43. The lowest BCUT2D eigenvalue weighted by Crippen LogP contribution is -2.43. The van der Waals surface area contributed by atoms with E-state index >= 15 is 0 Å². The predicted molar refractivity (Wildman–Crippen MR) is 51.3 cm³/mol. The fourth-order valence-electron chi connectivity index (χ4n) is 1.60. The van der Waals surface area contributed by atoms with E-state index in [1.54, 1.807) is 7.11 Å². The fourth-order valence-corrected chi connectivity index (χ4v) is 1.60. The second-order valence-electron chi connectivity index (χ2n) is 3.37. The first-order chi connectivity index (χ1) is 7.31. The van der Waals surface area contributed by atoms with E-state index in [9.17, 15) is 4.79 Å². The fraction of sp³-hybridized carbons (Fsp3) is 0.625. The van der Waals surface area contributed by atoms with Crippen molar-refractivity contribution in [3.63, 3.8) is 0 Å². The van der Waals surface area contributed by atoms with E-state index in [-0.39, 0.29) is 23.7 Å². The van der Waals surface area contributed by atoms with Gasteiger partial charge in [0.05, 0.1) is 18.3 Å². The van der Waals surface area contributed by atoms with Crippen LogP contribution in [-0.2, 0) is 4.74 Å². The number of nitrogens with one attached hydrogen (secondary N) is 3. The van der Waals surface area contributed by atoms with E-state index in [1.807, 2.05) is 0 Å². The highest BCUT2D eigenvalue weighted by atomic mass is 16.5. The molecule has 0 spiro atoms. The van der Waals surface area contributed by atoms with Crippen LogP contribution in [0.1, 0.15) is 10.5 Å². The molecule has 1 aliphatic heterocycles. The minimum Gasteiger partial charge on any atom is -0.378 e. The Kier molecular flexibility index (Phi) is 2.93. The Hall–Kier alpha value is -1.47. The molecule has 0 radical (unpaired) electrons. The maximum Gasteiger partial charge on any atom is 0.273 e. The number of ether oxygens (including phenoxy) is 1. The summed E-state index contributed by atoms with van der Waals surface area (Å²) >= 11 is 0. The summed E-state index contributed by atoms with van der Waals surface area (Å²) in [5, 5.41) is 15.6. The lowest BCUT2D eigenvalue weighted by molar-refractivity contribution is 0.0776. The van der Waals surface area contributed by atoms with Crippen molar-refractivity contribution in [2.45, 2.75) is 12.1 Å². The number of aromatic nitrogens is 3. The summed E-state index contributed by atoms with van der Waals surface area (Å²) in [5.74, 6) is -0.237. The number of rotatable bonds is 3. The monoisotopic (exact) mass is 211 g/mol. The molecule has 2 rings (SSSR count). The number of H-pyrrole nitrogens is 1. The van der Waals surface area contributed by atoms with Crippen LogP contribution in [0.15, 0.2) is 6.20 Å². The number of nitrogens with zero attached hydrogens (tertiary/aromatic N) is 2. The summed E-state index contributed by atoms with van der Waals surface area (Å²) in [6.45, 7) is 1.46. The van der Waals surface area contributed by atoms with E-state index in [4.69, 9.17) is 4.74 Å². The number of carbonyl (C=O) groups is 1. The highest BCUT2D eigenvalue weighted by molar-refractivity contribution is 5.92. The molecule has 1 aromatic rings. The molecule has 2 heterocycles. The van der Waals surface area contributed by atoms with Crippen LogP contribution < -0.4 is 10.6 Å². The molecule has 82 valence electrons. The van der Waals surface area contributed by atoms with Gasteiger partial charge >= 0.3 is 0 Å². The molecule has 1 unspecified atom stereocenters. The normalized spacial score (nSPS) is 25.4. The average molecular weight is 211 g/mol. The first kappa shape index (κ1) is 10.1. The van der Waals surface area contributed by atoms with E-state index in [0.717, 1.165) is 6.54 Å². The molecule has 2 atom stereocenters. The number of carbonyl (C=O) groups excluding carboxylic acids is 1. The minimum atomic E-state index is -0.237. The van der Waals surface area contributed by atoms with Gasteiger partial charge in [-0.15, -0.1) is 0 Å². The summed E-state index contributed by atoms with van der Waals surface area (Å²) in [6, 6.07) is -0.0146. The molecule has 1 saturated heterocycles. The molecule has 15 heavy (non-hydrogen) atoms. The number of amides is 1. The summed E-state index contributed by atoms with van der Waals surface area (Å²) < 4.78 is 5.22. The number of hydrogen-bond donors (Lipinski definition) is 3. The van der Waals surface area contributed by atoms with Crippen molar-refractivity contribution in [3.05, 3.63) is 11.9 Å². The van der Waals surface area contributed by atoms with Crippen LogP contribution in [0.2, 0.25) is 0 Å². The minimum absolute atomic E-state index is 0.0146. The van der Waals surface area contributed by atoms with Gasteiger partial charge in [-0.1, -0.05) is 0 Å². The summed E-state index contributed by atoms with van der Waals surface area (Å²) in [7, 11) is 1.63. The van der Waals surface area contributed by atoms with Gasteiger partial charge in [0.1, 0.15) is 0 Å². The first-order valence-corrected chi connectivity index (χ1v) is 4.71. The second-order valence-corrected chi connectivity index (χ2v) is 3.37. The van der Waals surface area contributed by atoms with Crippen molar-refractivity contribution in [1.29, 1.82) is 0 Å². The lowest BCUT2D eigenvalue weighted by atomic mass is 10.2. The zero-order chi connectivity index (χ0) is 10.7. The molecule has 1 aliphatic rings. The highest BCUT2D eigenvalue weighted by Crippen LogP contribution is 2.04. The van der Waals surface area contributed by atoms with Crippen molar-refractivity contribution in [2.24, 2.45) is 0 Å². The second kappa shape index (κ2) is 4.37. The van der Waals surface area contributed by atoms with Gasteiger partial charge in [0.2, 0.25) is 0 Å². The van der Waals surface area contributed by atoms with E-state index in [0.29, 0.717) is 6.54 Å². The van der Waals surface area contributed by atoms with Crippen molar-refractivity contribution < 1.29 is 9.53 Å². The molecule has 1 aromatic heterocycles. The van der Waals surface area contributed by atoms with Crippen LogP contribution in [0, 0.1) is 0 Å². The Balaban J connectivity index is 1.94. The Labute approximate surface area is 86.6 Å². The molecular formula is C8H13N5O2. The van der Waals surface area contributed by atoms with Gasteiger partial charge in [-0.25, -0.2) is 0 Å². The summed E-state index contributed by atoms with van der Waals surface area (Å²) in [5.41, 5.74) is 0.289. The topological polar surface area (TPSA) is 91.9 Å². The zero-order valence-corrected chi connectivity index (χ0v) is 8.36. The Morgan fingerprint density at radius 3 is 3.20 bits per heavy atom. The van der Waals surface area contributed by atoms with Gasteiger partial charge in [-0.05, 0) is 0 Å². The van der Waals surface area contributed by atoms with Gasteiger partial charge in [0.15, 0.2) is 5.69 Å². The van der Waals surface area contributed by atoms with Gasteiger partial charge in [-0.3, -0.25) is 4.79 Å². The number of aromatic amines is 1. The average Bonchev–Trinajstić information content (AvgIpc) is 2.87. The van der Waals surface area contributed by atoms with Crippen LogP contribution in [0.3, 0.4) is 0 Å². The Morgan fingerprint density at radius 2 is 2.53 bits per heavy atom. The van der Waals surface area contributed by atoms with Crippen LogP contribution in [-0.4, -0.2) is 53.7 Å². The third kappa shape index (κ3) is 2.13. The van der Waals surface area contributed by atoms with Gasteiger partial charge < -0.3 is 15.4 Å². The van der Waals surface area contributed by atoms with E-state index in [1.165, 1.54) is 6.20 Å². The van der Waals surface area contributed by atoms with Crippen molar-refractivity contribution >= 4 is 5.91 Å². The number of methoxy groups -OCH3 is 1. The predicted octanol–water partition coefficient (Wildman–Crippen LogP) is -1.48. The van der Waals surface area contributed by atoms with Crippen molar-refractivity contribution in [1.82, 2.24) is 26.0 Å². The molecule has 7 heteroatoms. The maximum absolute atomic E-state index is 11.6. The molecule has 0 saturated carbocycles. The Morgan fingerprint density at radius 1 is 1.67 bits per heavy atom. The Bertz CT molecular complexity index is 326.